The van der Waals surface area contributed by atoms with E-state index in [0.29, 0.717) is 18.8 Å². The van der Waals surface area contributed by atoms with Crippen LogP contribution in [0.2, 0.25) is 0 Å². The lowest BCUT2D eigenvalue weighted by atomic mass is 10.2. The van der Waals surface area contributed by atoms with Crippen LogP contribution >= 0.6 is 0 Å². The monoisotopic (exact) mass is 265 g/mol. The molecule has 1 fully saturated rings. The van der Waals surface area contributed by atoms with Gasteiger partial charge in [-0.05, 0) is 31.2 Å². The highest BCUT2D eigenvalue weighted by Crippen LogP contribution is 2.13. The van der Waals surface area contributed by atoms with Crippen LogP contribution in [0.5, 0.6) is 5.75 Å². The van der Waals surface area contributed by atoms with Crippen LogP contribution in [0.3, 0.4) is 0 Å². The van der Waals surface area contributed by atoms with E-state index in [-0.39, 0.29) is 12.1 Å². The summed E-state index contributed by atoms with van der Waals surface area (Å²) in [5.41, 5.74) is 0.532. The Balaban J connectivity index is 1.82. The number of rotatable bonds is 5. The largest absolute Gasteiger partial charge is 0.491 e. The van der Waals surface area contributed by atoms with Crippen molar-refractivity contribution in [2.75, 3.05) is 32.9 Å². The third-order valence-corrected chi connectivity index (χ3v) is 2.81. The van der Waals surface area contributed by atoms with Crippen LogP contribution in [0.4, 0.5) is 0 Å². The van der Waals surface area contributed by atoms with Crippen molar-refractivity contribution in [1.82, 2.24) is 5.32 Å². The normalized spacial score (nSPS) is 18.9. The van der Waals surface area contributed by atoms with Crippen LogP contribution in [0.1, 0.15) is 17.3 Å². The van der Waals surface area contributed by atoms with Gasteiger partial charge in [-0.15, -0.1) is 0 Å². The summed E-state index contributed by atoms with van der Waals surface area (Å²) in [6.45, 7) is 5.09. The Bertz CT molecular complexity index is 398. The molecule has 104 valence electrons. The molecule has 1 N–H and O–H groups in total. The number of carbonyl (C=O) groups excluding carboxylic acids is 1. The third kappa shape index (κ3) is 4.22. The molecule has 1 aliphatic rings. The fourth-order valence-corrected chi connectivity index (χ4v) is 1.82. The van der Waals surface area contributed by atoms with Crippen molar-refractivity contribution in [2.24, 2.45) is 0 Å². The SMILES string of the molecule is CCOC(=O)c1ccc(OCC2CNCCO2)cc1. The minimum atomic E-state index is -0.311. The molecule has 0 bridgehead atoms. The average molecular weight is 265 g/mol. The van der Waals surface area contributed by atoms with E-state index in [1.54, 1.807) is 31.2 Å². The summed E-state index contributed by atoms with van der Waals surface area (Å²) in [5.74, 6) is 0.413. The molecule has 1 atom stereocenters. The van der Waals surface area contributed by atoms with E-state index in [4.69, 9.17) is 14.2 Å². The first-order chi connectivity index (χ1) is 9.29. The lowest BCUT2D eigenvalue weighted by Crippen LogP contribution is -2.41. The quantitative estimate of drug-likeness (QED) is 0.812. The number of hydrogen-bond acceptors (Lipinski definition) is 5. The zero-order chi connectivity index (χ0) is 13.5. The smallest absolute Gasteiger partial charge is 0.338 e. The maximum atomic E-state index is 11.5. The highest BCUT2D eigenvalue weighted by molar-refractivity contribution is 5.89. The molecule has 19 heavy (non-hydrogen) atoms. The molecule has 0 saturated carbocycles. The summed E-state index contributed by atoms with van der Waals surface area (Å²) in [5, 5.41) is 3.24. The average Bonchev–Trinajstić information content (AvgIpc) is 2.47. The summed E-state index contributed by atoms with van der Waals surface area (Å²) >= 11 is 0. The van der Waals surface area contributed by atoms with Crippen molar-refractivity contribution in [2.45, 2.75) is 13.0 Å². The van der Waals surface area contributed by atoms with Crippen LogP contribution in [0.15, 0.2) is 24.3 Å². The van der Waals surface area contributed by atoms with E-state index in [9.17, 15) is 4.79 Å². The van der Waals surface area contributed by atoms with Crippen molar-refractivity contribution in [3.8, 4) is 5.75 Å². The van der Waals surface area contributed by atoms with Crippen LogP contribution in [0.25, 0.3) is 0 Å². The Labute approximate surface area is 112 Å². The third-order valence-electron chi connectivity index (χ3n) is 2.81. The van der Waals surface area contributed by atoms with Gasteiger partial charge in [-0.25, -0.2) is 4.79 Å². The predicted octanol–water partition coefficient (Wildman–Crippen LogP) is 1.23. The van der Waals surface area contributed by atoms with E-state index < -0.39 is 0 Å². The van der Waals surface area contributed by atoms with Crippen molar-refractivity contribution in [3.05, 3.63) is 29.8 Å². The molecule has 0 radical (unpaired) electrons. The van der Waals surface area contributed by atoms with Crippen molar-refractivity contribution in [1.29, 1.82) is 0 Å². The highest BCUT2D eigenvalue weighted by atomic mass is 16.5. The van der Waals surface area contributed by atoms with E-state index >= 15 is 0 Å². The Morgan fingerprint density at radius 3 is 2.84 bits per heavy atom. The van der Waals surface area contributed by atoms with Crippen LogP contribution in [-0.2, 0) is 9.47 Å². The molecular formula is C14H19NO4. The zero-order valence-electron chi connectivity index (χ0n) is 11.1. The van der Waals surface area contributed by atoms with Gasteiger partial charge in [0.2, 0.25) is 0 Å². The van der Waals surface area contributed by atoms with Crippen molar-refractivity contribution >= 4 is 5.97 Å². The minimum Gasteiger partial charge on any atom is -0.491 e. The second-order valence-corrected chi connectivity index (χ2v) is 4.25. The molecule has 1 saturated heterocycles. The standard InChI is InChI=1S/C14H19NO4/c1-2-17-14(16)11-3-5-12(6-4-11)19-10-13-9-15-7-8-18-13/h3-6,13,15H,2,7-10H2,1H3. The second kappa shape index (κ2) is 7.11. The Hall–Kier alpha value is -1.59. The summed E-state index contributed by atoms with van der Waals surface area (Å²) in [6, 6.07) is 6.94. The van der Waals surface area contributed by atoms with Gasteiger partial charge in [-0.2, -0.15) is 0 Å². The molecule has 5 nitrogen and oxygen atoms in total. The molecule has 0 aliphatic carbocycles. The topological polar surface area (TPSA) is 56.8 Å². The molecule has 0 aromatic heterocycles. The number of nitrogens with one attached hydrogen (secondary N) is 1. The molecule has 5 heteroatoms. The number of benzene rings is 1. The van der Waals surface area contributed by atoms with E-state index in [1.807, 2.05) is 0 Å². The van der Waals surface area contributed by atoms with E-state index in [1.165, 1.54) is 0 Å². The summed E-state index contributed by atoms with van der Waals surface area (Å²) in [6.07, 6.45) is 0.0819. The van der Waals surface area contributed by atoms with Gasteiger partial charge in [0.1, 0.15) is 18.5 Å². The van der Waals surface area contributed by atoms with Gasteiger partial charge in [0.15, 0.2) is 0 Å². The van der Waals surface area contributed by atoms with Gasteiger partial charge < -0.3 is 19.5 Å². The number of esters is 1. The zero-order valence-corrected chi connectivity index (χ0v) is 11.1. The van der Waals surface area contributed by atoms with Gasteiger partial charge in [0.05, 0.1) is 18.8 Å². The van der Waals surface area contributed by atoms with E-state index in [0.717, 1.165) is 25.4 Å². The molecule has 0 amide bonds. The maximum Gasteiger partial charge on any atom is 0.338 e. The number of morpholine rings is 1. The fraction of sp³-hybridized carbons (Fsp3) is 0.500. The summed E-state index contributed by atoms with van der Waals surface area (Å²) in [4.78, 5) is 11.5. The fourth-order valence-electron chi connectivity index (χ4n) is 1.82. The summed E-state index contributed by atoms with van der Waals surface area (Å²) in [7, 11) is 0. The van der Waals surface area contributed by atoms with Crippen molar-refractivity contribution < 1.29 is 19.0 Å². The maximum absolute atomic E-state index is 11.5. The Morgan fingerprint density at radius 1 is 1.42 bits per heavy atom. The number of hydrogen-bond donors (Lipinski definition) is 1. The summed E-state index contributed by atoms with van der Waals surface area (Å²) < 4.78 is 16.1. The van der Waals surface area contributed by atoms with Gasteiger partial charge in [0, 0.05) is 13.1 Å². The van der Waals surface area contributed by atoms with Gasteiger partial charge in [-0.3, -0.25) is 0 Å². The van der Waals surface area contributed by atoms with Gasteiger partial charge in [0.25, 0.3) is 0 Å². The van der Waals surface area contributed by atoms with Crippen LogP contribution in [0, 0.1) is 0 Å². The number of carbonyl (C=O) groups is 1. The molecule has 0 spiro atoms. The van der Waals surface area contributed by atoms with Gasteiger partial charge >= 0.3 is 5.97 Å². The molecule has 1 unspecified atom stereocenters. The first kappa shape index (κ1) is 13.8. The second-order valence-electron chi connectivity index (χ2n) is 4.25. The van der Waals surface area contributed by atoms with E-state index in [2.05, 4.69) is 5.32 Å². The molecular weight excluding hydrogens is 246 g/mol. The highest BCUT2D eigenvalue weighted by Gasteiger charge is 2.14. The van der Waals surface area contributed by atoms with Crippen molar-refractivity contribution in [3.63, 3.8) is 0 Å². The first-order valence-electron chi connectivity index (χ1n) is 6.52. The lowest BCUT2D eigenvalue weighted by Gasteiger charge is -2.23. The van der Waals surface area contributed by atoms with Gasteiger partial charge in [-0.1, -0.05) is 0 Å². The molecule has 1 aromatic rings. The predicted molar refractivity (Wildman–Crippen MR) is 70.5 cm³/mol. The molecule has 1 aromatic carbocycles. The van der Waals surface area contributed by atoms with Crippen LogP contribution in [-0.4, -0.2) is 45.0 Å². The Morgan fingerprint density at radius 2 is 2.21 bits per heavy atom. The lowest BCUT2D eigenvalue weighted by molar-refractivity contribution is 0.000184. The molecule has 2 rings (SSSR count). The number of ether oxygens (including phenoxy) is 3. The molecule has 1 heterocycles. The Kier molecular flexibility index (Phi) is 5.18. The first-order valence-corrected chi connectivity index (χ1v) is 6.52. The molecule has 1 aliphatic heterocycles. The minimum absolute atomic E-state index is 0.0819. The van der Waals surface area contributed by atoms with Crippen LogP contribution < -0.4 is 10.1 Å².